The summed E-state index contributed by atoms with van der Waals surface area (Å²) < 4.78 is 58.2. The van der Waals surface area contributed by atoms with Gasteiger partial charge in [0, 0.05) is 13.1 Å². The minimum Gasteiger partial charge on any atom is -0.497 e. The van der Waals surface area contributed by atoms with Gasteiger partial charge in [0.2, 0.25) is 10.0 Å². The number of hydrogen-bond acceptors (Lipinski definition) is 7. The first-order valence-electron chi connectivity index (χ1n) is 12.5. The summed E-state index contributed by atoms with van der Waals surface area (Å²) in [5.41, 5.74) is 2.43. The van der Waals surface area contributed by atoms with E-state index in [4.69, 9.17) is 4.74 Å². The van der Waals surface area contributed by atoms with Gasteiger partial charge in [-0.1, -0.05) is 54.6 Å². The molecule has 1 unspecified atom stereocenters. The fourth-order valence-electron chi connectivity index (χ4n) is 4.74. The molecule has 4 rings (SSSR count). The van der Waals surface area contributed by atoms with E-state index in [0.29, 0.717) is 18.4 Å². The van der Waals surface area contributed by atoms with E-state index in [1.165, 1.54) is 16.4 Å². The molecule has 11 heteroatoms. The molecule has 1 aliphatic rings. The molecule has 2 N–H and O–H groups in total. The molecule has 0 saturated carbocycles. The van der Waals surface area contributed by atoms with Crippen molar-refractivity contribution in [3.8, 4) is 16.9 Å². The predicted octanol–water partition coefficient (Wildman–Crippen LogP) is 3.38. The van der Waals surface area contributed by atoms with Crippen molar-refractivity contribution in [2.75, 3.05) is 26.1 Å². The first-order chi connectivity index (χ1) is 18.6. The summed E-state index contributed by atoms with van der Waals surface area (Å²) in [5, 5.41) is 12.5. The Bertz CT molecular complexity index is 1470. The van der Waals surface area contributed by atoms with Crippen molar-refractivity contribution in [2.24, 2.45) is 5.92 Å². The molecule has 3 aromatic carbocycles. The number of sulfonamides is 1. The van der Waals surface area contributed by atoms with Crippen LogP contribution in [0.3, 0.4) is 0 Å². The summed E-state index contributed by atoms with van der Waals surface area (Å²) in [4.78, 5) is 12.1. The van der Waals surface area contributed by atoms with Gasteiger partial charge in [-0.3, -0.25) is 10.1 Å². The quantitative estimate of drug-likeness (QED) is 0.358. The number of aliphatic carboxylic acids is 1. The minimum absolute atomic E-state index is 0.0817. The summed E-state index contributed by atoms with van der Waals surface area (Å²) in [6.07, 6.45) is 0.628. The average Bonchev–Trinajstić information content (AvgIpc) is 2.93. The van der Waals surface area contributed by atoms with Gasteiger partial charge in [-0.05, 0) is 59.7 Å². The van der Waals surface area contributed by atoms with Crippen molar-refractivity contribution in [2.45, 2.75) is 29.5 Å². The second-order valence-electron chi connectivity index (χ2n) is 9.51. The molecule has 0 amide bonds. The van der Waals surface area contributed by atoms with Crippen LogP contribution in [0.5, 0.6) is 5.75 Å². The maximum Gasteiger partial charge on any atom is 0.321 e. The highest BCUT2D eigenvalue weighted by Crippen LogP contribution is 2.26. The Morgan fingerprint density at radius 2 is 1.49 bits per heavy atom. The van der Waals surface area contributed by atoms with Crippen LogP contribution in [0.1, 0.15) is 18.4 Å². The average molecular weight is 573 g/mol. The van der Waals surface area contributed by atoms with Crippen molar-refractivity contribution in [3.63, 3.8) is 0 Å². The SMILES string of the molecule is COc1ccc(-c2ccc(S(=O)(=O)CNC(C(=O)O)C3CCN(S(=O)(=O)Cc4ccccc4)CC3)cc2)cc1. The highest BCUT2D eigenvalue weighted by Gasteiger charge is 2.35. The van der Waals surface area contributed by atoms with Crippen LogP contribution >= 0.6 is 0 Å². The molecule has 0 aliphatic carbocycles. The monoisotopic (exact) mass is 572 g/mol. The maximum absolute atomic E-state index is 13.0. The van der Waals surface area contributed by atoms with Gasteiger partial charge >= 0.3 is 5.97 Å². The number of hydrogen-bond donors (Lipinski definition) is 2. The van der Waals surface area contributed by atoms with E-state index in [-0.39, 0.29) is 23.7 Å². The number of nitrogens with zero attached hydrogens (tertiary/aromatic N) is 1. The van der Waals surface area contributed by atoms with Crippen molar-refractivity contribution >= 4 is 25.8 Å². The summed E-state index contributed by atoms with van der Waals surface area (Å²) in [5.74, 6) is -1.51. The van der Waals surface area contributed by atoms with E-state index in [0.717, 1.165) is 16.9 Å². The number of carbonyl (C=O) groups is 1. The normalized spacial score (nSPS) is 16.0. The number of carboxylic acid groups (broad SMARTS) is 1. The lowest BCUT2D eigenvalue weighted by atomic mass is 9.90. The Labute approximate surface area is 229 Å². The molecule has 0 bridgehead atoms. The number of sulfone groups is 1. The molecule has 0 aromatic heterocycles. The Balaban J connectivity index is 1.36. The molecule has 3 aromatic rings. The van der Waals surface area contributed by atoms with Gasteiger partial charge in [-0.15, -0.1) is 0 Å². The van der Waals surface area contributed by atoms with Crippen LogP contribution in [0.25, 0.3) is 11.1 Å². The Morgan fingerprint density at radius 3 is 2.03 bits per heavy atom. The van der Waals surface area contributed by atoms with Crippen molar-refractivity contribution < 1.29 is 31.5 Å². The first kappa shape index (κ1) is 28.8. The summed E-state index contributed by atoms with van der Waals surface area (Å²) >= 11 is 0. The summed E-state index contributed by atoms with van der Waals surface area (Å²) in [7, 11) is -5.77. The van der Waals surface area contributed by atoms with E-state index < -0.39 is 43.7 Å². The largest absolute Gasteiger partial charge is 0.497 e. The molecule has 0 radical (unpaired) electrons. The lowest BCUT2D eigenvalue weighted by Crippen LogP contribution is -2.49. The number of methoxy groups -OCH3 is 1. The number of benzene rings is 3. The van der Waals surface area contributed by atoms with Gasteiger partial charge in [0.1, 0.15) is 17.7 Å². The van der Waals surface area contributed by atoms with Gasteiger partial charge in [0.05, 0.1) is 17.8 Å². The van der Waals surface area contributed by atoms with Crippen molar-refractivity contribution in [3.05, 3.63) is 84.4 Å². The minimum atomic E-state index is -3.81. The van der Waals surface area contributed by atoms with Gasteiger partial charge in [-0.25, -0.2) is 21.1 Å². The third-order valence-corrected chi connectivity index (χ3v) is 10.3. The van der Waals surface area contributed by atoms with Crippen LogP contribution in [-0.4, -0.2) is 64.3 Å². The lowest BCUT2D eigenvalue weighted by Gasteiger charge is -2.34. The van der Waals surface area contributed by atoms with Gasteiger partial charge in [-0.2, -0.15) is 0 Å². The zero-order chi connectivity index (χ0) is 28.0. The molecule has 9 nitrogen and oxygen atoms in total. The van der Waals surface area contributed by atoms with E-state index in [1.807, 2.05) is 30.3 Å². The van der Waals surface area contributed by atoms with E-state index in [9.17, 15) is 26.7 Å². The van der Waals surface area contributed by atoms with Crippen LogP contribution < -0.4 is 10.1 Å². The standard InChI is InChI=1S/C28H32N2O7S2/c1-37-25-11-7-22(8-12-25)23-9-13-26(14-10-23)38(33,34)20-29-27(28(31)32)24-15-17-30(18-16-24)39(35,36)19-21-5-3-2-4-6-21/h2-14,24,27,29H,15-20H2,1H3,(H,31,32). The van der Waals surface area contributed by atoms with Crippen LogP contribution in [0.4, 0.5) is 0 Å². The molecule has 208 valence electrons. The fourth-order valence-corrected chi connectivity index (χ4v) is 7.42. The van der Waals surface area contributed by atoms with Gasteiger partial charge in [0.15, 0.2) is 9.84 Å². The first-order valence-corrected chi connectivity index (χ1v) is 15.8. The highest BCUT2D eigenvalue weighted by molar-refractivity contribution is 7.91. The zero-order valence-electron chi connectivity index (χ0n) is 21.6. The van der Waals surface area contributed by atoms with Crippen LogP contribution in [0, 0.1) is 5.92 Å². The summed E-state index contributed by atoms with van der Waals surface area (Å²) in [6.45, 7) is 0.371. The molecule has 0 spiro atoms. The second-order valence-corrected chi connectivity index (χ2v) is 13.5. The maximum atomic E-state index is 13.0. The number of piperidine rings is 1. The van der Waals surface area contributed by atoms with E-state index in [2.05, 4.69) is 5.32 Å². The molecular formula is C28H32N2O7S2. The Kier molecular flexibility index (Phi) is 9.06. The van der Waals surface area contributed by atoms with Crippen molar-refractivity contribution in [1.82, 2.24) is 9.62 Å². The highest BCUT2D eigenvalue weighted by atomic mass is 32.2. The smallest absolute Gasteiger partial charge is 0.321 e. The molecule has 1 heterocycles. The van der Waals surface area contributed by atoms with Crippen molar-refractivity contribution in [1.29, 1.82) is 0 Å². The third-order valence-electron chi connectivity index (χ3n) is 6.95. The number of carboxylic acids is 1. The van der Waals surface area contributed by atoms with Gasteiger partial charge in [0.25, 0.3) is 0 Å². The van der Waals surface area contributed by atoms with Crippen LogP contribution in [-0.2, 0) is 30.4 Å². The Hall–Kier alpha value is -3.25. The zero-order valence-corrected chi connectivity index (χ0v) is 23.2. The molecule has 39 heavy (non-hydrogen) atoms. The number of rotatable bonds is 11. The predicted molar refractivity (Wildman–Crippen MR) is 148 cm³/mol. The fraction of sp³-hybridized carbons (Fsp3) is 0.321. The van der Waals surface area contributed by atoms with Gasteiger partial charge < -0.3 is 9.84 Å². The van der Waals surface area contributed by atoms with Crippen LogP contribution in [0.2, 0.25) is 0 Å². The molecule has 1 fully saturated rings. The second kappa shape index (κ2) is 12.3. The van der Waals surface area contributed by atoms with Crippen LogP contribution in [0.15, 0.2) is 83.8 Å². The molecular weight excluding hydrogens is 540 g/mol. The van der Waals surface area contributed by atoms with E-state index in [1.54, 1.807) is 43.5 Å². The molecule has 1 aliphatic heterocycles. The third kappa shape index (κ3) is 7.24. The molecule has 1 saturated heterocycles. The topological polar surface area (TPSA) is 130 Å². The number of nitrogens with one attached hydrogen (secondary N) is 1. The lowest BCUT2D eigenvalue weighted by molar-refractivity contribution is -0.141. The molecule has 1 atom stereocenters. The summed E-state index contributed by atoms with van der Waals surface area (Å²) in [6, 6.07) is 21.6. The number of ether oxygens (including phenoxy) is 1. The Morgan fingerprint density at radius 1 is 0.923 bits per heavy atom. The van der Waals surface area contributed by atoms with E-state index >= 15 is 0 Å².